The van der Waals surface area contributed by atoms with E-state index >= 15 is 0 Å². The molecule has 1 heteroatoms. The molecule has 2 aliphatic carbocycles. The molecule has 0 aliphatic heterocycles. The third kappa shape index (κ3) is 0.620. The van der Waals surface area contributed by atoms with Gasteiger partial charge in [0.2, 0.25) is 0 Å². The molecule has 0 radical (unpaired) electrons. The molecule has 2 fully saturated rings. The second kappa shape index (κ2) is 1.25. The molecule has 0 bridgehead atoms. The lowest BCUT2D eigenvalue weighted by molar-refractivity contribution is 0.763. The summed E-state index contributed by atoms with van der Waals surface area (Å²) >= 11 is 3.61. The maximum atomic E-state index is 3.61. The fourth-order valence-electron chi connectivity index (χ4n) is 1.64. The van der Waals surface area contributed by atoms with Crippen LogP contribution < -0.4 is 0 Å². The maximum Gasteiger partial charge on any atom is 0.0151 e. The van der Waals surface area contributed by atoms with E-state index in [-0.39, 0.29) is 0 Å². The minimum absolute atomic E-state index is 0.885. The highest BCUT2D eigenvalue weighted by Gasteiger charge is 2.44. The fraction of sp³-hybridized carbons (Fsp3) is 1.00. The van der Waals surface area contributed by atoms with Crippen LogP contribution in [0.1, 0.15) is 19.3 Å². The third-order valence-corrected chi connectivity index (χ3v) is 2.93. The quantitative estimate of drug-likeness (QED) is 0.477. The largest absolute Gasteiger partial charge is 0.0890 e. The van der Waals surface area contributed by atoms with Crippen LogP contribution in [0.2, 0.25) is 0 Å². The van der Waals surface area contributed by atoms with Crippen molar-refractivity contribution in [3.8, 4) is 0 Å². The average Bonchev–Trinajstić information content (AvgIpc) is 2.15. The summed E-state index contributed by atoms with van der Waals surface area (Å²) in [6, 6.07) is 0. The molecule has 2 saturated carbocycles. The van der Waals surface area contributed by atoms with Crippen molar-refractivity contribution in [2.75, 3.05) is 0 Å². The smallest absolute Gasteiger partial charge is 0.0151 e. The Labute approximate surface area is 52.4 Å². The zero-order valence-electron chi connectivity index (χ0n) is 4.23. The lowest BCUT2D eigenvalue weighted by atomic mass is 10.3. The van der Waals surface area contributed by atoms with E-state index in [4.69, 9.17) is 0 Å². The Balaban J connectivity index is 2.02. The standard InChI is InChI=1S/C6H9Br/c7-6-2-4-1-5(4)3-6/h4-6H,1-3H2. The Morgan fingerprint density at radius 1 is 1.00 bits per heavy atom. The van der Waals surface area contributed by atoms with E-state index in [0.717, 1.165) is 16.7 Å². The minimum Gasteiger partial charge on any atom is -0.0890 e. The van der Waals surface area contributed by atoms with E-state index in [1.807, 2.05) is 0 Å². The lowest BCUT2D eigenvalue weighted by Gasteiger charge is -1.96. The van der Waals surface area contributed by atoms with Crippen molar-refractivity contribution >= 4 is 15.9 Å². The van der Waals surface area contributed by atoms with Gasteiger partial charge in [0.25, 0.3) is 0 Å². The highest BCUT2D eigenvalue weighted by molar-refractivity contribution is 9.09. The number of alkyl halides is 1. The van der Waals surface area contributed by atoms with Gasteiger partial charge in [-0.05, 0) is 31.1 Å². The molecule has 2 unspecified atom stereocenters. The molecule has 40 valence electrons. The van der Waals surface area contributed by atoms with Crippen molar-refractivity contribution in [2.45, 2.75) is 24.1 Å². The summed E-state index contributed by atoms with van der Waals surface area (Å²) in [5.41, 5.74) is 0. The summed E-state index contributed by atoms with van der Waals surface area (Å²) in [4.78, 5) is 0.885. The van der Waals surface area contributed by atoms with Gasteiger partial charge in [-0.15, -0.1) is 0 Å². The van der Waals surface area contributed by atoms with Gasteiger partial charge in [-0.25, -0.2) is 0 Å². The van der Waals surface area contributed by atoms with Gasteiger partial charge >= 0.3 is 0 Å². The van der Waals surface area contributed by atoms with Crippen LogP contribution in [-0.4, -0.2) is 4.83 Å². The fourth-order valence-corrected chi connectivity index (χ4v) is 2.60. The monoisotopic (exact) mass is 160 g/mol. The second-order valence-corrected chi connectivity index (χ2v) is 4.12. The molecule has 2 aliphatic rings. The van der Waals surface area contributed by atoms with Crippen LogP contribution in [0.3, 0.4) is 0 Å². The summed E-state index contributed by atoms with van der Waals surface area (Å²) in [7, 11) is 0. The maximum absolute atomic E-state index is 3.61. The first kappa shape index (κ1) is 4.37. The Hall–Kier alpha value is 0.480. The van der Waals surface area contributed by atoms with Crippen LogP contribution in [-0.2, 0) is 0 Å². The van der Waals surface area contributed by atoms with Crippen LogP contribution in [0.15, 0.2) is 0 Å². The van der Waals surface area contributed by atoms with Gasteiger partial charge in [-0.2, -0.15) is 0 Å². The zero-order valence-corrected chi connectivity index (χ0v) is 5.82. The molecule has 0 saturated heterocycles. The molecule has 0 aromatic heterocycles. The van der Waals surface area contributed by atoms with Gasteiger partial charge in [-0.3, -0.25) is 0 Å². The topological polar surface area (TPSA) is 0 Å². The van der Waals surface area contributed by atoms with Crippen LogP contribution >= 0.6 is 15.9 Å². The number of halogens is 1. The lowest BCUT2D eigenvalue weighted by Crippen LogP contribution is -1.89. The minimum atomic E-state index is 0.885. The zero-order chi connectivity index (χ0) is 4.85. The van der Waals surface area contributed by atoms with Gasteiger partial charge in [0, 0.05) is 4.83 Å². The first-order chi connectivity index (χ1) is 3.36. The van der Waals surface area contributed by atoms with E-state index in [1.165, 1.54) is 12.8 Å². The van der Waals surface area contributed by atoms with Crippen molar-refractivity contribution in [2.24, 2.45) is 11.8 Å². The average molecular weight is 161 g/mol. The summed E-state index contributed by atoms with van der Waals surface area (Å²) in [6.07, 6.45) is 4.47. The summed E-state index contributed by atoms with van der Waals surface area (Å²) in [5.74, 6) is 2.29. The normalized spacial score (nSPS) is 57.0. The van der Waals surface area contributed by atoms with E-state index in [0.29, 0.717) is 0 Å². The molecule has 7 heavy (non-hydrogen) atoms. The summed E-state index contributed by atoms with van der Waals surface area (Å²) < 4.78 is 0. The SMILES string of the molecule is BrC1CC2CC2C1. The Morgan fingerprint density at radius 3 is 1.86 bits per heavy atom. The first-order valence-electron chi connectivity index (χ1n) is 3.00. The van der Waals surface area contributed by atoms with E-state index in [9.17, 15) is 0 Å². The first-order valence-corrected chi connectivity index (χ1v) is 3.92. The highest BCUT2D eigenvalue weighted by atomic mass is 79.9. The van der Waals surface area contributed by atoms with Crippen LogP contribution in [0.5, 0.6) is 0 Å². The molecule has 0 amide bonds. The molecule has 2 rings (SSSR count). The van der Waals surface area contributed by atoms with Crippen molar-refractivity contribution < 1.29 is 0 Å². The van der Waals surface area contributed by atoms with E-state index in [1.54, 1.807) is 6.42 Å². The molecular formula is C6H9Br. The van der Waals surface area contributed by atoms with Gasteiger partial charge in [0.15, 0.2) is 0 Å². The van der Waals surface area contributed by atoms with Crippen molar-refractivity contribution in [1.29, 1.82) is 0 Å². The Morgan fingerprint density at radius 2 is 1.57 bits per heavy atom. The molecule has 0 heterocycles. The molecule has 0 aromatic rings. The van der Waals surface area contributed by atoms with E-state index < -0.39 is 0 Å². The predicted octanol–water partition coefficient (Wildman–Crippen LogP) is 2.18. The Kier molecular flexibility index (Phi) is 0.780. The van der Waals surface area contributed by atoms with Crippen molar-refractivity contribution in [3.63, 3.8) is 0 Å². The summed E-state index contributed by atoms with van der Waals surface area (Å²) in [5, 5.41) is 0. The molecule has 0 aromatic carbocycles. The van der Waals surface area contributed by atoms with Gasteiger partial charge in [-0.1, -0.05) is 15.9 Å². The van der Waals surface area contributed by atoms with Crippen LogP contribution in [0.4, 0.5) is 0 Å². The highest BCUT2D eigenvalue weighted by Crippen LogP contribution is 2.53. The molecular weight excluding hydrogens is 152 g/mol. The molecule has 0 nitrogen and oxygen atoms in total. The molecule has 0 N–H and O–H groups in total. The van der Waals surface area contributed by atoms with E-state index in [2.05, 4.69) is 15.9 Å². The Bertz CT molecular complexity index is 80.2. The van der Waals surface area contributed by atoms with Gasteiger partial charge in [0.05, 0.1) is 0 Å². The van der Waals surface area contributed by atoms with Crippen LogP contribution in [0, 0.1) is 11.8 Å². The molecule has 0 spiro atoms. The number of hydrogen-bond acceptors (Lipinski definition) is 0. The van der Waals surface area contributed by atoms with Crippen molar-refractivity contribution in [3.05, 3.63) is 0 Å². The number of hydrogen-bond donors (Lipinski definition) is 0. The van der Waals surface area contributed by atoms with Gasteiger partial charge < -0.3 is 0 Å². The molecule has 2 atom stereocenters. The van der Waals surface area contributed by atoms with Gasteiger partial charge in [0.1, 0.15) is 0 Å². The van der Waals surface area contributed by atoms with Crippen molar-refractivity contribution in [1.82, 2.24) is 0 Å². The number of rotatable bonds is 0. The third-order valence-electron chi connectivity index (χ3n) is 2.19. The van der Waals surface area contributed by atoms with Crippen LogP contribution in [0.25, 0.3) is 0 Å². The second-order valence-electron chi connectivity index (χ2n) is 2.82. The predicted molar refractivity (Wildman–Crippen MR) is 33.5 cm³/mol. The summed E-state index contributed by atoms with van der Waals surface area (Å²) in [6.45, 7) is 0. The number of fused-ring (bicyclic) bond motifs is 1.